The zero-order valence-electron chi connectivity index (χ0n) is 10.4. The molecule has 0 aromatic rings. The van der Waals surface area contributed by atoms with E-state index in [1.807, 2.05) is 0 Å². The molecule has 2 nitrogen and oxygen atoms in total. The van der Waals surface area contributed by atoms with Gasteiger partial charge in [-0.1, -0.05) is 26.7 Å². The molecule has 0 unspecified atom stereocenters. The average molecular weight is 262 g/mol. The van der Waals surface area contributed by atoms with Crippen LogP contribution in [-0.2, 0) is 20.9 Å². The maximum Gasteiger partial charge on any atom is 0.188 e. The van der Waals surface area contributed by atoms with Crippen molar-refractivity contribution in [2.45, 2.75) is 39.5 Å². The molecule has 0 atom stereocenters. The van der Waals surface area contributed by atoms with Crippen molar-refractivity contribution in [3.05, 3.63) is 0 Å². The summed E-state index contributed by atoms with van der Waals surface area (Å²) in [7, 11) is 0. The molecule has 1 saturated carbocycles. The largest absolute Gasteiger partial charge is 0.329 e. The Labute approximate surface area is 104 Å². The fraction of sp³-hybridized carbons (Fsp3) is 1.00. The zero-order chi connectivity index (χ0) is 11.6. The van der Waals surface area contributed by atoms with Gasteiger partial charge in [-0.15, -0.1) is 0 Å². The van der Waals surface area contributed by atoms with Crippen molar-refractivity contribution < 1.29 is 9.05 Å². The fourth-order valence-corrected chi connectivity index (χ4v) is 4.36. The highest BCUT2D eigenvalue weighted by Crippen LogP contribution is 2.52. The lowest BCUT2D eigenvalue weighted by molar-refractivity contribution is 0.0612. The third-order valence-corrected chi connectivity index (χ3v) is 7.35. The summed E-state index contributed by atoms with van der Waals surface area (Å²) in [6.07, 6.45) is 6.34. The fourth-order valence-electron chi connectivity index (χ4n) is 2.72. The summed E-state index contributed by atoms with van der Waals surface area (Å²) in [6, 6.07) is 0. The molecule has 0 spiro atoms. The monoisotopic (exact) mass is 262 g/mol. The topological polar surface area (TPSA) is 18.5 Å². The lowest BCUT2D eigenvalue weighted by Crippen LogP contribution is -2.31. The molecule has 0 aromatic carbocycles. The number of rotatable bonds is 2. The SMILES string of the molecule is CCP1(=S)OCC(C2CCC(C)CC2)CO1. The summed E-state index contributed by atoms with van der Waals surface area (Å²) in [6.45, 7) is 4.28. The Morgan fingerprint density at radius 1 is 1.06 bits per heavy atom. The van der Waals surface area contributed by atoms with Crippen LogP contribution in [-0.4, -0.2) is 19.4 Å². The smallest absolute Gasteiger partial charge is 0.188 e. The van der Waals surface area contributed by atoms with Gasteiger partial charge in [-0.25, -0.2) is 0 Å². The van der Waals surface area contributed by atoms with Crippen LogP contribution in [0.15, 0.2) is 0 Å². The lowest BCUT2D eigenvalue weighted by atomic mass is 9.77. The first-order chi connectivity index (χ1) is 7.63. The second-order valence-corrected chi connectivity index (χ2v) is 9.34. The Morgan fingerprint density at radius 2 is 1.62 bits per heavy atom. The Bertz CT molecular complexity index is 262. The molecular formula is C12H23O2PS. The molecule has 16 heavy (non-hydrogen) atoms. The van der Waals surface area contributed by atoms with E-state index in [0.717, 1.165) is 31.2 Å². The standard InChI is InChI=1S/C12H23O2PS/c1-3-15(16)13-8-12(9-14-15)11-6-4-10(2)5-7-11/h10-12H,3-9H2,1-2H3. The Balaban J connectivity index is 1.83. The van der Waals surface area contributed by atoms with E-state index in [-0.39, 0.29) is 0 Å². The second kappa shape index (κ2) is 5.48. The zero-order valence-corrected chi connectivity index (χ0v) is 12.1. The first-order valence-corrected chi connectivity index (χ1v) is 9.33. The predicted molar refractivity (Wildman–Crippen MR) is 71.3 cm³/mol. The molecule has 2 aliphatic rings. The van der Waals surface area contributed by atoms with Crippen molar-refractivity contribution in [2.24, 2.45) is 17.8 Å². The second-order valence-electron chi connectivity index (χ2n) is 5.30. The van der Waals surface area contributed by atoms with Crippen LogP contribution in [0.3, 0.4) is 0 Å². The summed E-state index contributed by atoms with van der Waals surface area (Å²) in [4.78, 5) is 0. The third-order valence-electron chi connectivity index (χ3n) is 4.09. The van der Waals surface area contributed by atoms with Crippen molar-refractivity contribution in [2.75, 3.05) is 19.4 Å². The van der Waals surface area contributed by atoms with Crippen molar-refractivity contribution in [3.63, 3.8) is 0 Å². The highest BCUT2D eigenvalue weighted by Gasteiger charge is 2.33. The molecule has 0 amide bonds. The summed E-state index contributed by atoms with van der Waals surface area (Å²) in [5, 5.41) is 0. The van der Waals surface area contributed by atoms with Gasteiger partial charge >= 0.3 is 0 Å². The van der Waals surface area contributed by atoms with Gasteiger partial charge in [0.15, 0.2) is 6.49 Å². The minimum atomic E-state index is -1.86. The molecule has 2 rings (SSSR count). The minimum Gasteiger partial charge on any atom is -0.329 e. The normalized spacial score (nSPS) is 45.5. The van der Waals surface area contributed by atoms with Crippen molar-refractivity contribution in [1.29, 1.82) is 0 Å². The Hall–Kier alpha value is 0.570. The van der Waals surface area contributed by atoms with E-state index in [1.165, 1.54) is 25.7 Å². The van der Waals surface area contributed by atoms with E-state index in [0.29, 0.717) is 5.92 Å². The maximum absolute atomic E-state index is 5.81. The van der Waals surface area contributed by atoms with Gasteiger partial charge in [0.05, 0.1) is 13.2 Å². The molecule has 0 radical (unpaired) electrons. The third kappa shape index (κ3) is 3.07. The van der Waals surface area contributed by atoms with E-state index >= 15 is 0 Å². The Kier molecular flexibility index (Phi) is 4.45. The predicted octanol–water partition coefficient (Wildman–Crippen LogP) is 3.81. The van der Waals surface area contributed by atoms with Crippen LogP contribution in [0, 0.1) is 17.8 Å². The van der Waals surface area contributed by atoms with Crippen LogP contribution in [0.1, 0.15) is 39.5 Å². The van der Waals surface area contributed by atoms with Crippen LogP contribution < -0.4 is 0 Å². The van der Waals surface area contributed by atoms with Gasteiger partial charge in [0.25, 0.3) is 0 Å². The summed E-state index contributed by atoms with van der Waals surface area (Å²) < 4.78 is 11.6. The summed E-state index contributed by atoms with van der Waals surface area (Å²) in [5.41, 5.74) is 0. The van der Waals surface area contributed by atoms with Gasteiger partial charge in [0.2, 0.25) is 0 Å². The molecule has 0 N–H and O–H groups in total. The van der Waals surface area contributed by atoms with Crippen molar-refractivity contribution in [3.8, 4) is 0 Å². The highest BCUT2D eigenvalue weighted by atomic mass is 32.5. The van der Waals surface area contributed by atoms with Crippen LogP contribution in [0.4, 0.5) is 0 Å². The maximum atomic E-state index is 5.81. The minimum absolute atomic E-state index is 0.607. The summed E-state index contributed by atoms with van der Waals surface area (Å²) in [5.74, 6) is 2.34. The van der Waals surface area contributed by atoms with E-state index < -0.39 is 6.49 Å². The van der Waals surface area contributed by atoms with E-state index in [4.69, 9.17) is 20.9 Å². The highest BCUT2D eigenvalue weighted by molar-refractivity contribution is 8.09. The van der Waals surface area contributed by atoms with Gasteiger partial charge < -0.3 is 9.05 Å². The van der Waals surface area contributed by atoms with Gasteiger partial charge in [-0.05, 0) is 36.5 Å². The first-order valence-electron chi connectivity index (χ1n) is 6.51. The molecule has 0 bridgehead atoms. The Morgan fingerprint density at radius 3 is 2.12 bits per heavy atom. The first kappa shape index (κ1) is 13.0. The van der Waals surface area contributed by atoms with Crippen molar-refractivity contribution in [1.82, 2.24) is 0 Å². The summed E-state index contributed by atoms with van der Waals surface area (Å²) >= 11 is 5.39. The molecule has 1 aliphatic carbocycles. The molecule has 2 fully saturated rings. The van der Waals surface area contributed by atoms with Gasteiger partial charge in [0, 0.05) is 12.1 Å². The lowest BCUT2D eigenvalue weighted by Gasteiger charge is -2.38. The van der Waals surface area contributed by atoms with Crippen LogP contribution in [0.25, 0.3) is 0 Å². The van der Waals surface area contributed by atoms with E-state index in [2.05, 4.69) is 13.8 Å². The van der Waals surface area contributed by atoms with Gasteiger partial charge in [-0.3, -0.25) is 0 Å². The van der Waals surface area contributed by atoms with Crippen LogP contribution in [0.5, 0.6) is 0 Å². The van der Waals surface area contributed by atoms with Gasteiger partial charge in [-0.2, -0.15) is 0 Å². The van der Waals surface area contributed by atoms with Gasteiger partial charge in [0.1, 0.15) is 0 Å². The number of hydrogen-bond acceptors (Lipinski definition) is 3. The number of hydrogen-bond donors (Lipinski definition) is 0. The van der Waals surface area contributed by atoms with Crippen LogP contribution in [0.2, 0.25) is 0 Å². The molecule has 0 aromatic heterocycles. The average Bonchev–Trinajstić information content (AvgIpc) is 2.32. The molecular weight excluding hydrogens is 239 g/mol. The van der Waals surface area contributed by atoms with E-state index in [9.17, 15) is 0 Å². The molecule has 4 heteroatoms. The molecule has 94 valence electrons. The van der Waals surface area contributed by atoms with Crippen LogP contribution >= 0.6 is 6.49 Å². The molecule has 1 aliphatic heterocycles. The van der Waals surface area contributed by atoms with Crippen molar-refractivity contribution >= 4 is 18.3 Å². The quantitative estimate of drug-likeness (QED) is 0.705. The molecule has 1 saturated heterocycles. The molecule has 1 heterocycles. The van der Waals surface area contributed by atoms with E-state index in [1.54, 1.807) is 0 Å².